The fourth-order valence-corrected chi connectivity index (χ4v) is 4.10. The van der Waals surface area contributed by atoms with Crippen LogP contribution in [0.25, 0.3) is 32.7 Å². The second kappa shape index (κ2) is 9.63. The van der Waals surface area contributed by atoms with Gasteiger partial charge >= 0.3 is 13.9 Å². The minimum absolute atomic E-state index is 0.469. The number of aliphatic hydroxyl groups is 1. The maximum absolute atomic E-state index is 10.4. The van der Waals surface area contributed by atoms with Crippen LogP contribution in [0.5, 0.6) is 0 Å². The molecule has 0 amide bonds. The van der Waals surface area contributed by atoms with Crippen LogP contribution in [-0.2, 0) is 4.57 Å². The molecule has 0 aliphatic rings. The van der Waals surface area contributed by atoms with E-state index in [1.54, 1.807) is 30.3 Å². The third kappa shape index (κ3) is 4.70. The highest BCUT2D eigenvalue weighted by molar-refractivity contribution is 7.38. The van der Waals surface area contributed by atoms with E-state index >= 15 is 0 Å². The minimum atomic E-state index is -2.53. The van der Waals surface area contributed by atoms with Gasteiger partial charge in [0.1, 0.15) is 0 Å². The fraction of sp³-hybridized carbons (Fsp3) is 0.0370. The fourth-order valence-electron chi connectivity index (χ4n) is 3.67. The molecule has 0 heterocycles. The molecule has 3 nitrogen and oxygen atoms in total. The van der Waals surface area contributed by atoms with Gasteiger partial charge in [-0.15, -0.1) is 0 Å². The average molecular weight is 425 g/mol. The van der Waals surface area contributed by atoms with Crippen LogP contribution in [0.1, 0.15) is 11.4 Å². The smallest absolute Gasteiger partial charge is 0.345 e. The number of hydrogen-bond donors (Lipinski definition) is 2. The highest BCUT2D eigenvalue weighted by Crippen LogP contribution is 2.34. The molecule has 5 aromatic carbocycles. The van der Waals surface area contributed by atoms with Crippen molar-refractivity contribution in [2.75, 3.05) is 0 Å². The minimum Gasteiger partial charge on any atom is -0.345 e. The van der Waals surface area contributed by atoms with E-state index < -0.39 is 13.9 Å². The van der Waals surface area contributed by atoms with E-state index in [0.717, 1.165) is 0 Å². The molecule has 31 heavy (non-hydrogen) atoms. The Morgan fingerprint density at radius 1 is 0.548 bits per heavy atom. The molecule has 5 aromatic rings. The van der Waals surface area contributed by atoms with Crippen molar-refractivity contribution in [1.82, 2.24) is 0 Å². The highest BCUT2D eigenvalue weighted by Gasteiger charge is 2.27. The Morgan fingerprint density at radius 2 is 0.968 bits per heavy atom. The van der Waals surface area contributed by atoms with E-state index in [0.29, 0.717) is 5.56 Å². The predicted molar refractivity (Wildman–Crippen MR) is 128 cm³/mol. The standard InChI is InChI=1S/C20H14.C7H7O3P/c1-3-11-17-15(7-1)9-5-13-19(17)20-14-6-10-16-8-2-4-12-18(16)20;8-7(11(9)10)6-4-2-1-3-5-6/h1-14H;1-5,7-8H/p+1. The van der Waals surface area contributed by atoms with Gasteiger partial charge in [-0.3, -0.25) is 0 Å². The van der Waals surface area contributed by atoms with Crippen molar-refractivity contribution < 1.29 is 14.6 Å². The summed E-state index contributed by atoms with van der Waals surface area (Å²) in [4.78, 5) is 8.53. The second-order valence-electron chi connectivity index (χ2n) is 7.14. The first kappa shape index (κ1) is 20.9. The number of hydrogen-bond acceptors (Lipinski definition) is 2. The zero-order valence-electron chi connectivity index (χ0n) is 16.8. The van der Waals surface area contributed by atoms with Gasteiger partial charge in [-0.25, -0.2) is 0 Å². The molecule has 152 valence electrons. The number of rotatable bonds is 3. The number of aliphatic hydroxyl groups excluding tert-OH is 1. The summed E-state index contributed by atoms with van der Waals surface area (Å²) in [7, 11) is -2.53. The van der Waals surface area contributed by atoms with Crippen molar-refractivity contribution in [2.24, 2.45) is 0 Å². The molecule has 0 fully saturated rings. The average Bonchev–Trinajstić information content (AvgIpc) is 2.84. The normalized spacial score (nSPS) is 12.1. The summed E-state index contributed by atoms with van der Waals surface area (Å²) < 4.78 is 10.4. The Labute approximate surface area is 182 Å². The summed E-state index contributed by atoms with van der Waals surface area (Å²) in [6, 6.07) is 38.6. The molecule has 0 saturated carbocycles. The molecule has 0 saturated heterocycles. The molecule has 0 aromatic heterocycles. The van der Waals surface area contributed by atoms with Gasteiger partial charge in [0.15, 0.2) is 0 Å². The lowest BCUT2D eigenvalue weighted by Gasteiger charge is -2.10. The topological polar surface area (TPSA) is 57.5 Å². The number of benzene rings is 5. The second-order valence-corrected chi connectivity index (χ2v) is 8.23. The highest BCUT2D eigenvalue weighted by atomic mass is 31.1. The van der Waals surface area contributed by atoms with Crippen LogP contribution in [0.3, 0.4) is 0 Å². The van der Waals surface area contributed by atoms with E-state index in [9.17, 15) is 4.57 Å². The molecule has 5 rings (SSSR count). The summed E-state index contributed by atoms with van der Waals surface area (Å²) >= 11 is 0. The molecule has 0 aliphatic heterocycles. The Kier molecular flexibility index (Phi) is 6.49. The molecule has 0 aliphatic carbocycles. The third-order valence-electron chi connectivity index (χ3n) is 5.18. The zero-order chi connectivity index (χ0) is 21.6. The van der Waals surface area contributed by atoms with Crippen molar-refractivity contribution in [1.29, 1.82) is 0 Å². The first-order valence-corrected chi connectivity index (χ1v) is 11.3. The summed E-state index contributed by atoms with van der Waals surface area (Å²) in [6.45, 7) is 0. The molecule has 2 atom stereocenters. The van der Waals surface area contributed by atoms with Gasteiger partial charge in [-0.1, -0.05) is 115 Å². The lowest BCUT2D eigenvalue weighted by molar-refractivity contribution is 0.243. The Morgan fingerprint density at radius 3 is 1.45 bits per heavy atom. The van der Waals surface area contributed by atoms with Crippen LogP contribution in [0, 0.1) is 0 Å². The molecule has 0 spiro atoms. The summed E-state index contributed by atoms with van der Waals surface area (Å²) in [6.07, 6.45) is 0. The van der Waals surface area contributed by atoms with E-state index in [1.807, 2.05) is 0 Å². The molecular weight excluding hydrogens is 403 g/mol. The Bertz CT molecular complexity index is 1240. The van der Waals surface area contributed by atoms with Crippen molar-refractivity contribution in [3.63, 3.8) is 0 Å². The van der Waals surface area contributed by atoms with Gasteiger partial charge in [-0.2, -0.15) is 4.89 Å². The van der Waals surface area contributed by atoms with Gasteiger partial charge in [0.2, 0.25) is 0 Å². The van der Waals surface area contributed by atoms with E-state index in [2.05, 4.69) is 84.9 Å². The molecular formula is C27H22O3P+. The lowest BCUT2D eigenvalue weighted by atomic mass is 9.94. The van der Waals surface area contributed by atoms with Crippen LogP contribution in [0.2, 0.25) is 0 Å². The molecule has 2 N–H and O–H groups in total. The first-order chi connectivity index (χ1) is 15.1. The summed E-state index contributed by atoms with van der Waals surface area (Å²) in [5, 5.41) is 14.3. The Hall–Kier alpha value is -3.36. The predicted octanol–water partition coefficient (Wildman–Crippen LogP) is 7.07. The Balaban J connectivity index is 0.000000180. The molecule has 0 radical (unpaired) electrons. The number of fused-ring (bicyclic) bond motifs is 2. The van der Waals surface area contributed by atoms with E-state index in [-0.39, 0.29) is 0 Å². The van der Waals surface area contributed by atoms with Gasteiger partial charge in [0, 0.05) is 5.56 Å². The first-order valence-electron chi connectivity index (χ1n) is 9.99. The van der Waals surface area contributed by atoms with Gasteiger partial charge in [0.25, 0.3) is 0 Å². The maximum atomic E-state index is 10.4. The van der Waals surface area contributed by atoms with Gasteiger partial charge in [-0.05, 0) is 37.2 Å². The molecule has 4 heteroatoms. The van der Waals surface area contributed by atoms with Crippen LogP contribution in [0.4, 0.5) is 0 Å². The van der Waals surface area contributed by atoms with Crippen LogP contribution in [0.15, 0.2) is 115 Å². The van der Waals surface area contributed by atoms with Crippen LogP contribution < -0.4 is 0 Å². The quantitative estimate of drug-likeness (QED) is 0.304. The largest absolute Gasteiger partial charge is 0.542 e. The van der Waals surface area contributed by atoms with Crippen molar-refractivity contribution in [2.45, 2.75) is 5.85 Å². The molecule has 0 bridgehead atoms. The van der Waals surface area contributed by atoms with E-state index in [4.69, 9.17) is 10.00 Å². The van der Waals surface area contributed by atoms with E-state index in [1.165, 1.54) is 32.7 Å². The third-order valence-corrected chi connectivity index (χ3v) is 5.89. The molecule has 2 unspecified atom stereocenters. The maximum Gasteiger partial charge on any atom is 0.542 e. The van der Waals surface area contributed by atoms with Crippen molar-refractivity contribution in [3.8, 4) is 11.1 Å². The van der Waals surface area contributed by atoms with Crippen LogP contribution >= 0.6 is 8.03 Å². The van der Waals surface area contributed by atoms with Gasteiger partial charge < -0.3 is 5.11 Å². The van der Waals surface area contributed by atoms with Crippen molar-refractivity contribution in [3.05, 3.63) is 121 Å². The summed E-state index contributed by atoms with van der Waals surface area (Å²) in [5.41, 5.74) is 3.08. The lowest BCUT2D eigenvalue weighted by Crippen LogP contribution is -1.89. The monoisotopic (exact) mass is 425 g/mol. The van der Waals surface area contributed by atoms with Crippen molar-refractivity contribution >= 4 is 29.6 Å². The summed E-state index contributed by atoms with van der Waals surface area (Å²) in [5.74, 6) is -1.26. The van der Waals surface area contributed by atoms with Gasteiger partial charge in [0.05, 0.1) is 0 Å². The zero-order valence-corrected chi connectivity index (χ0v) is 17.7. The van der Waals surface area contributed by atoms with Crippen LogP contribution in [-0.4, -0.2) is 10.00 Å². The SMILES string of the molecule is O=[P+](O)C(O)c1ccccc1.c1ccc2c(-c3cccc4ccccc34)cccc2c1.